The number of allylic oxidation sites excluding steroid dienone is 4. The van der Waals surface area contributed by atoms with Gasteiger partial charge >= 0.3 is 21.7 Å². The average molecular weight is 425 g/mol. The molecule has 2 aromatic carbocycles. The third-order valence-electron chi connectivity index (χ3n) is 5.16. The average Bonchev–Trinajstić information content (AvgIpc) is 3.20. The molecule has 0 N–H and O–H groups in total. The molecule has 0 nitrogen and oxygen atoms in total. The van der Waals surface area contributed by atoms with Crippen LogP contribution in [0.25, 0.3) is 10.8 Å². The van der Waals surface area contributed by atoms with Crippen LogP contribution in [-0.2, 0) is 21.7 Å². The molecule has 0 atom stereocenters. The van der Waals surface area contributed by atoms with Gasteiger partial charge < -0.3 is 24.8 Å². The van der Waals surface area contributed by atoms with E-state index in [9.17, 15) is 0 Å². The van der Waals surface area contributed by atoms with Crippen molar-refractivity contribution in [1.82, 2.24) is 0 Å². The van der Waals surface area contributed by atoms with Crippen LogP contribution in [0.5, 0.6) is 0 Å². The second-order valence-electron chi connectivity index (χ2n) is 6.57. The minimum Gasteiger partial charge on any atom is -1.00 e. The topological polar surface area (TPSA) is 0 Å². The predicted molar refractivity (Wildman–Crippen MR) is 100 cm³/mol. The summed E-state index contributed by atoms with van der Waals surface area (Å²) in [6.07, 6.45) is 14.3. The smallest absolute Gasteiger partial charge is 1.00 e. The van der Waals surface area contributed by atoms with Crippen LogP contribution in [0.1, 0.15) is 32.6 Å². The Bertz CT molecular complexity index is 661. The second kappa shape index (κ2) is 12.3. The number of hydrogen-bond donors (Lipinski definition) is 0. The van der Waals surface area contributed by atoms with Crippen LogP contribution in [-0.4, -0.2) is 8.07 Å². The molecule has 0 unspecified atom stereocenters. The maximum atomic E-state index is 2.99. The van der Waals surface area contributed by atoms with E-state index in [2.05, 4.69) is 55.5 Å². The maximum Gasteiger partial charge on any atom is 4.00 e. The van der Waals surface area contributed by atoms with E-state index in [0.29, 0.717) is 0 Å². The van der Waals surface area contributed by atoms with Crippen molar-refractivity contribution < 1.29 is 46.5 Å². The van der Waals surface area contributed by atoms with Crippen molar-refractivity contribution in [3.8, 4) is 0 Å². The van der Waals surface area contributed by atoms with Gasteiger partial charge in [-0.05, 0) is 0 Å². The Morgan fingerprint density at radius 1 is 1.12 bits per heavy atom. The third kappa shape index (κ3) is 5.91. The fraction of sp³-hybridized carbons (Fsp3) is 0.381. The summed E-state index contributed by atoms with van der Waals surface area (Å²) in [5.74, 6) is 0. The number of benzene rings is 1. The molecular weight excluding hydrogens is 399 g/mol. The zero-order valence-corrected chi connectivity index (χ0v) is 19.0. The van der Waals surface area contributed by atoms with Crippen molar-refractivity contribution in [2.24, 2.45) is 0 Å². The predicted octanol–water partition coefficient (Wildman–Crippen LogP) is -0.271. The molecule has 1 fully saturated rings. The minimum atomic E-state index is -1.05. The van der Waals surface area contributed by atoms with Gasteiger partial charge in [0.1, 0.15) is 0 Å². The molecule has 1 aliphatic carbocycles. The Balaban J connectivity index is 0.000000630. The van der Waals surface area contributed by atoms with Gasteiger partial charge in [0.2, 0.25) is 0 Å². The molecule has 1 aliphatic heterocycles. The van der Waals surface area contributed by atoms with Crippen LogP contribution in [0.15, 0.2) is 54.6 Å². The van der Waals surface area contributed by atoms with Gasteiger partial charge in [-0.3, -0.25) is 6.08 Å². The van der Waals surface area contributed by atoms with Crippen molar-refractivity contribution in [1.29, 1.82) is 0 Å². The molecule has 0 radical (unpaired) electrons. The summed E-state index contributed by atoms with van der Waals surface area (Å²) in [5, 5.41) is 4.79. The summed E-state index contributed by atoms with van der Waals surface area (Å²) in [4.78, 5) is 0. The van der Waals surface area contributed by atoms with E-state index in [4.69, 9.17) is 0 Å². The number of hydrogen-bond acceptors (Lipinski definition) is 0. The zero-order valence-electron chi connectivity index (χ0n) is 14.9. The van der Waals surface area contributed by atoms with Gasteiger partial charge in [0, 0.05) is 8.07 Å². The Kier molecular flexibility index (Phi) is 12.2. The van der Waals surface area contributed by atoms with E-state index in [1.54, 1.807) is 22.7 Å². The van der Waals surface area contributed by atoms with Crippen molar-refractivity contribution in [2.75, 3.05) is 0 Å². The number of fused-ring (bicyclic) bond motifs is 1. The Labute approximate surface area is 181 Å². The second-order valence-corrected chi connectivity index (χ2v) is 11.2. The van der Waals surface area contributed by atoms with Gasteiger partial charge in [-0.25, -0.2) is 12.2 Å². The minimum absolute atomic E-state index is 0. The summed E-state index contributed by atoms with van der Waals surface area (Å²) in [6, 6.07) is 18.4. The molecule has 0 aromatic heterocycles. The normalized spacial score (nSPS) is 15.9. The number of halogens is 2. The first kappa shape index (κ1) is 24.8. The fourth-order valence-electron chi connectivity index (χ4n) is 3.73. The first-order valence-corrected chi connectivity index (χ1v) is 11.3. The molecule has 132 valence electrons. The van der Waals surface area contributed by atoms with Crippen molar-refractivity contribution in [3.05, 3.63) is 60.7 Å². The molecule has 1 saturated heterocycles. The molecule has 0 amide bonds. The number of unbranched alkanes of at least 4 members (excludes halogenated alkanes) is 1. The summed E-state index contributed by atoms with van der Waals surface area (Å²) in [5.41, 5.74) is 0. The van der Waals surface area contributed by atoms with Gasteiger partial charge in [-0.1, -0.05) is 50.4 Å². The molecule has 4 heteroatoms. The van der Waals surface area contributed by atoms with Crippen molar-refractivity contribution in [2.45, 2.75) is 50.7 Å². The maximum absolute atomic E-state index is 2.99. The summed E-state index contributed by atoms with van der Waals surface area (Å²) >= 11 is 0. The van der Waals surface area contributed by atoms with E-state index >= 15 is 0 Å². The van der Waals surface area contributed by atoms with Crippen LogP contribution >= 0.6 is 0 Å². The largest absolute Gasteiger partial charge is 4.00 e. The van der Waals surface area contributed by atoms with E-state index in [-0.39, 0.29) is 46.5 Å². The van der Waals surface area contributed by atoms with E-state index in [0.717, 1.165) is 6.42 Å². The molecule has 25 heavy (non-hydrogen) atoms. The summed E-state index contributed by atoms with van der Waals surface area (Å²) in [6.45, 7) is 2.32. The molecule has 2 aromatic rings. The van der Waals surface area contributed by atoms with Crippen LogP contribution in [0.2, 0.25) is 18.1 Å². The monoisotopic (exact) mass is 424 g/mol. The molecule has 0 spiro atoms. The summed E-state index contributed by atoms with van der Waals surface area (Å²) in [7, 11) is -1.05. The van der Waals surface area contributed by atoms with Crippen molar-refractivity contribution in [3.63, 3.8) is 0 Å². The van der Waals surface area contributed by atoms with E-state index in [1.807, 2.05) is 12.2 Å². The van der Waals surface area contributed by atoms with Gasteiger partial charge in [0.25, 0.3) is 0 Å². The standard InChI is InChI=1S/C16H21Si.C5H5.2ClH.Ti/c1-2-3-11-17(12-6-13-17)16-10-9-14-7-4-5-8-15(14)16;1-2-4-5-3-1;;;/h4-5,7-10H,2-3,6,11-13H2,1H3;1-3H,4H2;2*1H;/q2*-1;;;+4/p-2. The van der Waals surface area contributed by atoms with Crippen LogP contribution in [0.3, 0.4) is 0 Å². The van der Waals surface area contributed by atoms with Crippen LogP contribution in [0.4, 0.5) is 0 Å². The molecule has 0 bridgehead atoms. The first-order chi connectivity index (χ1) is 10.9. The van der Waals surface area contributed by atoms with Crippen LogP contribution in [0, 0.1) is 6.08 Å². The first-order valence-electron chi connectivity index (χ1n) is 8.72. The third-order valence-corrected chi connectivity index (χ3v) is 10.7. The molecular formula is C21H26Cl2SiTi. The zero-order chi connectivity index (χ0) is 15.3. The van der Waals surface area contributed by atoms with Gasteiger partial charge in [0.05, 0.1) is 0 Å². The van der Waals surface area contributed by atoms with Gasteiger partial charge in [-0.2, -0.15) is 18.2 Å². The molecule has 1 heterocycles. The van der Waals surface area contributed by atoms with E-state index < -0.39 is 8.07 Å². The summed E-state index contributed by atoms with van der Waals surface area (Å²) < 4.78 is 0. The molecule has 0 saturated carbocycles. The van der Waals surface area contributed by atoms with Gasteiger partial charge in [0.15, 0.2) is 0 Å². The fourth-order valence-corrected chi connectivity index (χ4v) is 8.51. The molecule has 2 aliphatic rings. The van der Waals surface area contributed by atoms with Crippen LogP contribution < -0.4 is 30.0 Å². The SMILES string of the molecule is CCCC[Si]1([c-]2ccc3ccccc32)CCC1.[C-]1=CC=CC1.[Cl-].[Cl-].[Ti+4]. The van der Waals surface area contributed by atoms with E-state index in [1.165, 1.54) is 30.7 Å². The quantitative estimate of drug-likeness (QED) is 0.468. The Morgan fingerprint density at radius 3 is 2.40 bits per heavy atom. The molecule has 4 rings (SSSR count). The van der Waals surface area contributed by atoms with Crippen molar-refractivity contribution >= 4 is 24.0 Å². The van der Waals surface area contributed by atoms with Gasteiger partial charge in [-0.15, -0.1) is 40.6 Å². The Morgan fingerprint density at radius 2 is 1.88 bits per heavy atom. The number of rotatable bonds is 4. The Hall–Kier alpha value is -0.179.